The molecule has 0 aliphatic heterocycles. The van der Waals surface area contributed by atoms with Crippen LogP contribution in [-0.4, -0.2) is 28.9 Å². The minimum atomic E-state index is -1.85. The number of nitrogens with zero attached hydrogens (tertiary/aromatic N) is 1. The number of hydrogen-bond acceptors (Lipinski definition) is 6. The highest BCUT2D eigenvalue weighted by atomic mass is 16.5. The van der Waals surface area contributed by atoms with Crippen LogP contribution in [0.1, 0.15) is 36.9 Å². The van der Waals surface area contributed by atoms with Gasteiger partial charge >= 0.3 is 5.63 Å². The van der Waals surface area contributed by atoms with Crippen molar-refractivity contribution in [2.75, 3.05) is 12.4 Å². The lowest BCUT2D eigenvalue weighted by atomic mass is 9.85. The number of carbonyl (C=O) groups is 1. The highest BCUT2D eigenvalue weighted by molar-refractivity contribution is 6.01. The number of rotatable bonds is 4. The molecule has 3 aromatic rings. The molecule has 0 saturated heterocycles. The normalized spacial score (nSPS) is 15.6. The minimum absolute atomic E-state index is 0.267. The van der Waals surface area contributed by atoms with Crippen LogP contribution in [0.5, 0.6) is 5.75 Å². The van der Waals surface area contributed by atoms with Crippen molar-refractivity contribution < 1.29 is 19.2 Å². The molecule has 32 heavy (non-hydrogen) atoms. The van der Waals surface area contributed by atoms with Gasteiger partial charge in [0.25, 0.3) is 5.91 Å². The predicted octanol–water partition coefficient (Wildman–Crippen LogP) is 3.42. The molecule has 1 unspecified atom stereocenters. The quantitative estimate of drug-likeness (QED) is 0.613. The Morgan fingerprint density at radius 3 is 2.75 bits per heavy atom. The molecule has 164 valence electrons. The summed E-state index contributed by atoms with van der Waals surface area (Å²) in [6, 6.07) is 12.0. The molecule has 1 saturated carbocycles. The number of aromatic nitrogens is 1. The van der Waals surface area contributed by atoms with E-state index in [1.54, 1.807) is 56.5 Å². The molecule has 1 amide bonds. The molecule has 1 atom stereocenters. The fraction of sp³-hybridized carbons (Fsp3) is 0.320. The van der Waals surface area contributed by atoms with Crippen LogP contribution < -0.4 is 15.7 Å². The van der Waals surface area contributed by atoms with Gasteiger partial charge in [-0.1, -0.05) is 35.9 Å². The van der Waals surface area contributed by atoms with E-state index in [4.69, 9.17) is 9.26 Å². The van der Waals surface area contributed by atoms with Crippen LogP contribution in [0.15, 0.2) is 51.8 Å². The van der Waals surface area contributed by atoms with E-state index in [-0.39, 0.29) is 5.92 Å². The van der Waals surface area contributed by atoms with E-state index in [0.29, 0.717) is 33.5 Å². The zero-order chi connectivity index (χ0) is 22.7. The molecule has 2 N–H and O–H groups in total. The molecule has 1 aromatic heterocycles. The Morgan fingerprint density at radius 2 is 2.00 bits per heavy atom. The number of hydrogen-bond donors (Lipinski definition) is 2. The summed E-state index contributed by atoms with van der Waals surface area (Å²) >= 11 is 0. The molecule has 7 nitrogen and oxygen atoms in total. The van der Waals surface area contributed by atoms with E-state index in [0.717, 1.165) is 25.7 Å². The van der Waals surface area contributed by atoms with Crippen LogP contribution in [0, 0.1) is 24.7 Å². The third-order valence-corrected chi connectivity index (χ3v) is 5.91. The highest BCUT2D eigenvalue weighted by Crippen LogP contribution is 2.35. The van der Waals surface area contributed by atoms with Gasteiger partial charge in [-0.3, -0.25) is 4.79 Å². The number of fused-ring (bicyclic) bond motifs is 1. The topological polar surface area (TPSA) is 102 Å². The number of aliphatic hydroxyl groups is 1. The first kappa shape index (κ1) is 21.6. The summed E-state index contributed by atoms with van der Waals surface area (Å²) in [5.41, 5.74) is -0.780. The molecule has 0 spiro atoms. The van der Waals surface area contributed by atoms with Gasteiger partial charge in [0.1, 0.15) is 5.75 Å². The van der Waals surface area contributed by atoms with E-state index >= 15 is 0 Å². The monoisotopic (exact) mass is 432 g/mol. The standard InChI is InChI=1S/C25H24N2O5/c1-16-22-15-19(10-11-21(22)23(28)32-27-16)26-24(29)25(30,18-7-3-4-8-18)13-12-17-6-5-9-20(14-17)31-2/h5-6,9-11,14-15,18,30H,3-4,7-8H2,1-2H3,(H,26,29). The van der Waals surface area contributed by atoms with Crippen molar-refractivity contribution in [1.29, 1.82) is 0 Å². The summed E-state index contributed by atoms with van der Waals surface area (Å²) in [6.45, 7) is 1.71. The van der Waals surface area contributed by atoms with Crippen molar-refractivity contribution in [1.82, 2.24) is 5.16 Å². The van der Waals surface area contributed by atoms with E-state index < -0.39 is 17.1 Å². The van der Waals surface area contributed by atoms with E-state index in [1.807, 2.05) is 0 Å². The third kappa shape index (κ3) is 4.23. The van der Waals surface area contributed by atoms with Gasteiger partial charge in [0.15, 0.2) is 0 Å². The van der Waals surface area contributed by atoms with Gasteiger partial charge in [-0.15, -0.1) is 0 Å². The smallest absolute Gasteiger partial charge is 0.366 e. The summed E-state index contributed by atoms with van der Waals surface area (Å²) in [4.78, 5) is 25.1. The largest absolute Gasteiger partial charge is 0.497 e. The number of methoxy groups -OCH3 is 1. The van der Waals surface area contributed by atoms with Gasteiger partial charge in [0.2, 0.25) is 5.60 Å². The zero-order valence-electron chi connectivity index (χ0n) is 18.0. The Morgan fingerprint density at radius 1 is 1.22 bits per heavy atom. The maximum atomic E-state index is 13.3. The fourth-order valence-electron chi connectivity index (χ4n) is 4.09. The molecule has 1 aliphatic carbocycles. The fourth-order valence-corrected chi connectivity index (χ4v) is 4.09. The molecular weight excluding hydrogens is 408 g/mol. The summed E-state index contributed by atoms with van der Waals surface area (Å²) < 4.78 is 9.97. The minimum Gasteiger partial charge on any atom is -0.497 e. The van der Waals surface area contributed by atoms with Crippen molar-refractivity contribution in [2.45, 2.75) is 38.2 Å². The SMILES string of the molecule is COc1cccc(C#CC(O)(C(=O)Nc2ccc3c(=O)onc(C)c3c2)C2CCCC2)c1. The highest BCUT2D eigenvalue weighted by Gasteiger charge is 2.44. The van der Waals surface area contributed by atoms with Crippen LogP contribution in [0.4, 0.5) is 5.69 Å². The molecule has 1 heterocycles. The summed E-state index contributed by atoms with van der Waals surface area (Å²) in [7, 11) is 1.57. The maximum Gasteiger partial charge on any atom is 0.366 e. The molecule has 0 bridgehead atoms. The van der Waals surface area contributed by atoms with Gasteiger partial charge in [-0.25, -0.2) is 4.79 Å². The van der Waals surface area contributed by atoms with Gasteiger partial charge < -0.3 is 19.7 Å². The molecule has 7 heteroatoms. The Hall–Kier alpha value is -3.63. The Bertz CT molecular complexity index is 1280. The third-order valence-electron chi connectivity index (χ3n) is 5.91. The summed E-state index contributed by atoms with van der Waals surface area (Å²) in [5, 5.41) is 18.9. The second-order valence-electron chi connectivity index (χ2n) is 8.00. The number of aryl methyl sites for hydroxylation is 1. The molecular formula is C25H24N2O5. The second kappa shape index (κ2) is 8.85. The maximum absolute atomic E-state index is 13.3. The Kier molecular flexibility index (Phi) is 5.97. The number of carbonyl (C=O) groups excluding carboxylic acids is 1. The number of anilines is 1. The van der Waals surface area contributed by atoms with Crippen LogP contribution in [0.2, 0.25) is 0 Å². The van der Waals surface area contributed by atoms with Crippen molar-refractivity contribution in [3.63, 3.8) is 0 Å². The molecule has 1 fully saturated rings. The predicted molar refractivity (Wildman–Crippen MR) is 120 cm³/mol. The van der Waals surface area contributed by atoms with Crippen LogP contribution in [0.3, 0.4) is 0 Å². The van der Waals surface area contributed by atoms with Gasteiger partial charge in [0, 0.05) is 22.6 Å². The lowest BCUT2D eigenvalue weighted by Crippen LogP contribution is -2.47. The van der Waals surface area contributed by atoms with Crippen molar-refractivity contribution >= 4 is 22.4 Å². The lowest BCUT2D eigenvalue weighted by molar-refractivity contribution is -0.132. The van der Waals surface area contributed by atoms with E-state index in [1.165, 1.54) is 0 Å². The van der Waals surface area contributed by atoms with Gasteiger partial charge in [-0.05, 0) is 56.2 Å². The first-order chi connectivity index (χ1) is 15.4. The van der Waals surface area contributed by atoms with Crippen LogP contribution >= 0.6 is 0 Å². The zero-order valence-corrected chi connectivity index (χ0v) is 18.0. The lowest BCUT2D eigenvalue weighted by Gasteiger charge is -2.27. The molecule has 4 rings (SSSR count). The number of nitrogens with one attached hydrogen (secondary N) is 1. The van der Waals surface area contributed by atoms with Gasteiger partial charge in [-0.2, -0.15) is 0 Å². The van der Waals surface area contributed by atoms with Crippen LogP contribution in [-0.2, 0) is 4.79 Å². The summed E-state index contributed by atoms with van der Waals surface area (Å²) in [5.74, 6) is 5.58. The van der Waals surface area contributed by atoms with Crippen LogP contribution in [0.25, 0.3) is 10.8 Å². The average Bonchev–Trinajstić information content (AvgIpc) is 3.36. The second-order valence-corrected chi connectivity index (χ2v) is 8.00. The van der Waals surface area contributed by atoms with E-state index in [2.05, 4.69) is 22.3 Å². The number of benzene rings is 2. The number of amides is 1. The first-order valence-corrected chi connectivity index (χ1v) is 10.5. The van der Waals surface area contributed by atoms with Crippen molar-refractivity contribution in [3.8, 4) is 17.6 Å². The average molecular weight is 432 g/mol. The Labute approximate surface area is 185 Å². The number of ether oxygens (including phenoxy) is 1. The Balaban J connectivity index is 1.67. The molecule has 0 radical (unpaired) electrons. The van der Waals surface area contributed by atoms with Crippen molar-refractivity contribution in [3.05, 3.63) is 64.1 Å². The molecule has 1 aliphatic rings. The van der Waals surface area contributed by atoms with Gasteiger partial charge in [0.05, 0.1) is 18.2 Å². The molecule has 2 aromatic carbocycles. The van der Waals surface area contributed by atoms with E-state index in [9.17, 15) is 14.7 Å². The van der Waals surface area contributed by atoms with Crippen molar-refractivity contribution in [2.24, 2.45) is 5.92 Å². The first-order valence-electron chi connectivity index (χ1n) is 10.5. The summed E-state index contributed by atoms with van der Waals surface area (Å²) in [6.07, 6.45) is 3.33.